The molecular weight excluding hydrogens is 356 g/mol. The van der Waals surface area contributed by atoms with Crippen LogP contribution in [0.25, 0.3) is 11.0 Å². The van der Waals surface area contributed by atoms with Gasteiger partial charge < -0.3 is 19.4 Å². The number of rotatable bonds is 3. The minimum Gasteiger partial charge on any atom is -0.378 e. The standard InChI is InChI=1S/C19H22N8O/c1-2-15-18(20-5-1)21-14-22-19(15)27-8-6-25(7-9-27)16-3-4-17(24-23-16)26-10-12-28-13-11-26/h1-5,14H,6-13H2. The van der Waals surface area contributed by atoms with Gasteiger partial charge in [0, 0.05) is 45.5 Å². The molecule has 0 unspecified atom stereocenters. The number of piperazine rings is 1. The Morgan fingerprint density at radius 1 is 0.714 bits per heavy atom. The molecule has 0 saturated carbocycles. The molecule has 2 aliphatic heterocycles. The van der Waals surface area contributed by atoms with Gasteiger partial charge in [-0.15, -0.1) is 10.2 Å². The fourth-order valence-corrected chi connectivity index (χ4v) is 3.73. The second-order valence-electron chi connectivity index (χ2n) is 6.90. The molecule has 3 aromatic heterocycles. The average Bonchev–Trinajstić information content (AvgIpc) is 2.80. The lowest BCUT2D eigenvalue weighted by atomic mass is 10.2. The van der Waals surface area contributed by atoms with Gasteiger partial charge in [-0.2, -0.15) is 0 Å². The molecule has 5 rings (SSSR count). The van der Waals surface area contributed by atoms with E-state index in [1.54, 1.807) is 12.5 Å². The third kappa shape index (κ3) is 3.29. The third-order valence-corrected chi connectivity index (χ3v) is 5.26. The lowest BCUT2D eigenvalue weighted by Crippen LogP contribution is -2.47. The highest BCUT2D eigenvalue weighted by Crippen LogP contribution is 2.24. The maximum Gasteiger partial charge on any atom is 0.164 e. The van der Waals surface area contributed by atoms with Crippen LogP contribution in [-0.4, -0.2) is 77.6 Å². The van der Waals surface area contributed by atoms with Crippen molar-refractivity contribution in [3.05, 3.63) is 36.8 Å². The van der Waals surface area contributed by atoms with Crippen LogP contribution < -0.4 is 14.7 Å². The number of anilines is 3. The summed E-state index contributed by atoms with van der Waals surface area (Å²) in [5.74, 6) is 2.79. The number of ether oxygens (including phenoxy) is 1. The van der Waals surface area contributed by atoms with Gasteiger partial charge in [-0.1, -0.05) is 0 Å². The van der Waals surface area contributed by atoms with Crippen LogP contribution in [0.3, 0.4) is 0 Å². The van der Waals surface area contributed by atoms with Crippen molar-refractivity contribution in [2.45, 2.75) is 0 Å². The molecule has 0 radical (unpaired) electrons. The summed E-state index contributed by atoms with van der Waals surface area (Å²) >= 11 is 0. The maximum absolute atomic E-state index is 5.40. The molecule has 2 aliphatic rings. The molecule has 0 atom stereocenters. The number of nitrogens with zero attached hydrogens (tertiary/aromatic N) is 8. The van der Waals surface area contributed by atoms with Gasteiger partial charge in [0.1, 0.15) is 12.1 Å². The first-order valence-electron chi connectivity index (χ1n) is 9.60. The van der Waals surface area contributed by atoms with Crippen LogP contribution in [0.5, 0.6) is 0 Å². The molecule has 9 nitrogen and oxygen atoms in total. The van der Waals surface area contributed by atoms with Crippen molar-refractivity contribution in [3.8, 4) is 0 Å². The van der Waals surface area contributed by atoms with Gasteiger partial charge in [-0.25, -0.2) is 15.0 Å². The van der Waals surface area contributed by atoms with E-state index in [0.717, 1.165) is 81.0 Å². The highest BCUT2D eigenvalue weighted by molar-refractivity contribution is 5.86. The highest BCUT2D eigenvalue weighted by Gasteiger charge is 2.22. The molecule has 0 amide bonds. The predicted molar refractivity (Wildman–Crippen MR) is 107 cm³/mol. The number of morpholine rings is 1. The lowest BCUT2D eigenvalue weighted by molar-refractivity contribution is 0.122. The summed E-state index contributed by atoms with van der Waals surface area (Å²) in [5, 5.41) is 9.89. The monoisotopic (exact) mass is 378 g/mol. The van der Waals surface area contributed by atoms with Crippen LogP contribution in [0.2, 0.25) is 0 Å². The van der Waals surface area contributed by atoms with E-state index in [0.29, 0.717) is 0 Å². The van der Waals surface area contributed by atoms with E-state index >= 15 is 0 Å². The largest absolute Gasteiger partial charge is 0.378 e. The van der Waals surface area contributed by atoms with Crippen LogP contribution in [0.4, 0.5) is 17.5 Å². The molecule has 0 bridgehead atoms. The van der Waals surface area contributed by atoms with Gasteiger partial charge in [0.2, 0.25) is 0 Å². The zero-order valence-electron chi connectivity index (χ0n) is 15.6. The number of pyridine rings is 1. The Labute approximate surface area is 163 Å². The molecule has 3 aromatic rings. The second kappa shape index (κ2) is 7.51. The summed E-state index contributed by atoms with van der Waals surface area (Å²) in [5.41, 5.74) is 0.736. The molecule has 9 heteroatoms. The van der Waals surface area contributed by atoms with Gasteiger partial charge in [0.25, 0.3) is 0 Å². The highest BCUT2D eigenvalue weighted by atomic mass is 16.5. The van der Waals surface area contributed by atoms with Crippen molar-refractivity contribution >= 4 is 28.5 Å². The van der Waals surface area contributed by atoms with Crippen LogP contribution in [0, 0.1) is 0 Å². The Morgan fingerprint density at radius 3 is 2.11 bits per heavy atom. The Bertz CT molecular complexity index is 931. The predicted octanol–water partition coefficient (Wildman–Crippen LogP) is 0.978. The molecule has 144 valence electrons. The number of hydrogen-bond donors (Lipinski definition) is 0. The quantitative estimate of drug-likeness (QED) is 0.662. The molecule has 0 spiro atoms. The average molecular weight is 378 g/mol. The summed E-state index contributed by atoms with van der Waals surface area (Å²) in [4.78, 5) is 19.9. The van der Waals surface area contributed by atoms with E-state index in [2.05, 4.69) is 52.0 Å². The van der Waals surface area contributed by atoms with Crippen molar-refractivity contribution < 1.29 is 4.74 Å². The Balaban J connectivity index is 1.27. The molecule has 2 fully saturated rings. The molecule has 0 aliphatic carbocycles. The van der Waals surface area contributed by atoms with Crippen molar-refractivity contribution in [3.63, 3.8) is 0 Å². The first-order valence-corrected chi connectivity index (χ1v) is 9.60. The SMILES string of the molecule is c1cnc2ncnc(N3CCN(c4ccc(N5CCOCC5)nn4)CC3)c2c1. The molecular formula is C19H22N8O. The smallest absolute Gasteiger partial charge is 0.164 e. The minimum atomic E-state index is 0.736. The van der Waals surface area contributed by atoms with E-state index in [1.807, 2.05) is 12.1 Å². The normalized spacial score (nSPS) is 17.9. The van der Waals surface area contributed by atoms with E-state index in [9.17, 15) is 0 Å². The molecule has 2 saturated heterocycles. The number of fused-ring (bicyclic) bond motifs is 1. The first kappa shape index (κ1) is 17.1. The van der Waals surface area contributed by atoms with E-state index < -0.39 is 0 Å². The van der Waals surface area contributed by atoms with Crippen molar-refractivity contribution in [2.75, 3.05) is 67.2 Å². The Morgan fingerprint density at radius 2 is 1.39 bits per heavy atom. The van der Waals surface area contributed by atoms with Gasteiger partial charge in [0.05, 0.1) is 18.6 Å². The van der Waals surface area contributed by atoms with Gasteiger partial charge >= 0.3 is 0 Å². The lowest BCUT2D eigenvalue weighted by Gasteiger charge is -2.36. The van der Waals surface area contributed by atoms with E-state index in [-0.39, 0.29) is 0 Å². The molecule has 5 heterocycles. The summed E-state index contributed by atoms with van der Waals surface area (Å²) in [6.07, 6.45) is 3.35. The van der Waals surface area contributed by atoms with Gasteiger partial charge in [-0.3, -0.25) is 0 Å². The van der Waals surface area contributed by atoms with Gasteiger partial charge in [-0.05, 0) is 24.3 Å². The van der Waals surface area contributed by atoms with Crippen molar-refractivity contribution in [1.29, 1.82) is 0 Å². The zero-order valence-corrected chi connectivity index (χ0v) is 15.6. The molecule has 0 aromatic carbocycles. The fraction of sp³-hybridized carbons (Fsp3) is 0.421. The van der Waals surface area contributed by atoms with Crippen LogP contribution in [-0.2, 0) is 4.74 Å². The molecule has 28 heavy (non-hydrogen) atoms. The summed E-state index contributed by atoms with van der Waals surface area (Å²) in [7, 11) is 0. The maximum atomic E-state index is 5.40. The van der Waals surface area contributed by atoms with Crippen LogP contribution >= 0.6 is 0 Å². The van der Waals surface area contributed by atoms with E-state index in [4.69, 9.17) is 4.74 Å². The summed E-state index contributed by atoms with van der Waals surface area (Å²) in [6, 6.07) is 8.08. The first-order chi connectivity index (χ1) is 13.9. The van der Waals surface area contributed by atoms with E-state index in [1.165, 1.54) is 0 Å². The van der Waals surface area contributed by atoms with Crippen molar-refractivity contribution in [1.82, 2.24) is 25.1 Å². The summed E-state index contributed by atoms with van der Waals surface area (Å²) in [6.45, 7) is 6.72. The summed E-state index contributed by atoms with van der Waals surface area (Å²) < 4.78 is 5.40. The fourth-order valence-electron chi connectivity index (χ4n) is 3.73. The topological polar surface area (TPSA) is 83.4 Å². The van der Waals surface area contributed by atoms with Gasteiger partial charge in [0.15, 0.2) is 17.3 Å². The number of aromatic nitrogens is 5. The van der Waals surface area contributed by atoms with Crippen LogP contribution in [0.1, 0.15) is 0 Å². The zero-order chi connectivity index (χ0) is 18.8. The van der Waals surface area contributed by atoms with Crippen LogP contribution in [0.15, 0.2) is 36.8 Å². The third-order valence-electron chi connectivity index (χ3n) is 5.26. The molecule has 0 N–H and O–H groups in total. The second-order valence-corrected chi connectivity index (χ2v) is 6.90. The Hall–Kier alpha value is -3.07. The van der Waals surface area contributed by atoms with Crippen molar-refractivity contribution in [2.24, 2.45) is 0 Å². The minimum absolute atomic E-state index is 0.736. The number of hydrogen-bond acceptors (Lipinski definition) is 9. The Kier molecular flexibility index (Phi) is 4.58.